The van der Waals surface area contributed by atoms with Gasteiger partial charge in [-0.2, -0.15) is 0 Å². The first-order chi connectivity index (χ1) is 11.6. The van der Waals surface area contributed by atoms with Gasteiger partial charge in [0.25, 0.3) is 5.91 Å². The molecule has 1 N–H and O–H groups in total. The molecular formula is C19H22N2O2S. The Bertz CT molecular complexity index is 705. The van der Waals surface area contributed by atoms with Crippen LogP contribution in [0.1, 0.15) is 33.0 Å². The lowest BCUT2D eigenvalue weighted by molar-refractivity contribution is -0.132. The smallest absolute Gasteiger partial charge is 0.262 e. The molecule has 1 saturated heterocycles. The minimum Gasteiger partial charge on any atom is -0.341 e. The van der Waals surface area contributed by atoms with Crippen molar-refractivity contribution in [1.82, 2.24) is 10.2 Å². The quantitative estimate of drug-likeness (QED) is 0.908. The van der Waals surface area contributed by atoms with Crippen LogP contribution in [0.15, 0.2) is 42.5 Å². The summed E-state index contributed by atoms with van der Waals surface area (Å²) in [6.45, 7) is 3.55. The fourth-order valence-electron chi connectivity index (χ4n) is 2.99. The normalized spacial score (nSPS) is 15.3. The van der Waals surface area contributed by atoms with E-state index in [1.807, 2.05) is 54.3 Å². The van der Waals surface area contributed by atoms with E-state index >= 15 is 0 Å². The van der Waals surface area contributed by atoms with Gasteiger partial charge in [0.2, 0.25) is 5.91 Å². The number of hydrogen-bond acceptors (Lipinski definition) is 3. The molecule has 0 spiro atoms. The van der Waals surface area contributed by atoms with E-state index in [9.17, 15) is 9.59 Å². The molecule has 1 aromatic carbocycles. The zero-order valence-corrected chi connectivity index (χ0v) is 14.6. The van der Waals surface area contributed by atoms with Gasteiger partial charge in [0.1, 0.15) is 6.04 Å². The topological polar surface area (TPSA) is 49.4 Å². The highest BCUT2D eigenvalue weighted by molar-refractivity contribution is 7.13. The third-order valence-electron chi connectivity index (χ3n) is 4.27. The van der Waals surface area contributed by atoms with E-state index in [2.05, 4.69) is 5.32 Å². The van der Waals surface area contributed by atoms with Gasteiger partial charge >= 0.3 is 0 Å². The largest absolute Gasteiger partial charge is 0.341 e. The number of nitrogens with one attached hydrogen (secondary N) is 1. The lowest BCUT2D eigenvalue weighted by Gasteiger charge is -2.24. The van der Waals surface area contributed by atoms with Crippen molar-refractivity contribution in [2.24, 2.45) is 0 Å². The Hall–Kier alpha value is -2.14. The molecule has 5 heteroatoms. The van der Waals surface area contributed by atoms with Crippen molar-refractivity contribution in [3.8, 4) is 0 Å². The van der Waals surface area contributed by atoms with Crippen LogP contribution in [0, 0.1) is 6.92 Å². The molecule has 1 fully saturated rings. The van der Waals surface area contributed by atoms with Gasteiger partial charge in [-0.1, -0.05) is 30.3 Å². The molecule has 0 bridgehead atoms. The first-order valence-corrected chi connectivity index (χ1v) is 9.15. The molecule has 4 nitrogen and oxygen atoms in total. The molecule has 24 heavy (non-hydrogen) atoms. The SMILES string of the molecule is Cc1ccc(C(=O)NC(Cc2ccccc2)C(=O)N2CCCC2)s1. The van der Waals surface area contributed by atoms with Crippen LogP contribution in [0.2, 0.25) is 0 Å². The second-order valence-corrected chi connectivity index (χ2v) is 7.45. The summed E-state index contributed by atoms with van der Waals surface area (Å²) in [5.74, 6) is -0.139. The Morgan fingerprint density at radius 2 is 1.83 bits per heavy atom. The maximum atomic E-state index is 12.8. The van der Waals surface area contributed by atoms with E-state index in [-0.39, 0.29) is 11.8 Å². The second kappa shape index (κ2) is 7.62. The summed E-state index contributed by atoms with van der Waals surface area (Å²) >= 11 is 1.45. The zero-order valence-electron chi connectivity index (χ0n) is 13.8. The molecule has 0 radical (unpaired) electrons. The summed E-state index contributed by atoms with van der Waals surface area (Å²) in [4.78, 5) is 29.0. The molecule has 3 rings (SSSR count). The number of amides is 2. The minimum atomic E-state index is -0.514. The summed E-state index contributed by atoms with van der Waals surface area (Å²) in [5, 5.41) is 2.95. The van der Waals surface area contributed by atoms with Gasteiger partial charge in [0.15, 0.2) is 0 Å². The molecule has 1 atom stereocenters. The average Bonchev–Trinajstić information content (AvgIpc) is 3.26. The maximum Gasteiger partial charge on any atom is 0.262 e. The molecule has 1 unspecified atom stereocenters. The first-order valence-electron chi connectivity index (χ1n) is 8.33. The van der Waals surface area contributed by atoms with Crippen molar-refractivity contribution in [2.45, 2.75) is 32.2 Å². The van der Waals surface area contributed by atoms with Crippen LogP contribution in [0.3, 0.4) is 0 Å². The Labute approximate surface area is 146 Å². The van der Waals surface area contributed by atoms with Crippen molar-refractivity contribution < 1.29 is 9.59 Å². The van der Waals surface area contributed by atoms with Gasteiger partial charge in [-0.15, -0.1) is 11.3 Å². The number of likely N-dealkylation sites (tertiary alicyclic amines) is 1. The van der Waals surface area contributed by atoms with E-state index in [1.165, 1.54) is 11.3 Å². The molecule has 2 amide bonds. The highest BCUT2D eigenvalue weighted by atomic mass is 32.1. The number of carbonyl (C=O) groups excluding carboxylic acids is 2. The highest BCUT2D eigenvalue weighted by Crippen LogP contribution is 2.17. The first kappa shape index (κ1) is 16.7. The van der Waals surface area contributed by atoms with E-state index in [4.69, 9.17) is 0 Å². The highest BCUT2D eigenvalue weighted by Gasteiger charge is 2.28. The van der Waals surface area contributed by atoms with Gasteiger partial charge < -0.3 is 10.2 Å². The summed E-state index contributed by atoms with van der Waals surface area (Å²) in [6, 6.07) is 13.1. The minimum absolute atomic E-state index is 0.0259. The van der Waals surface area contributed by atoms with Crippen LogP contribution in [0.5, 0.6) is 0 Å². The van der Waals surface area contributed by atoms with Crippen molar-refractivity contribution in [3.05, 3.63) is 57.8 Å². The molecule has 0 aliphatic carbocycles. The van der Waals surface area contributed by atoms with E-state index in [1.54, 1.807) is 0 Å². The average molecular weight is 342 g/mol. The fourth-order valence-corrected chi connectivity index (χ4v) is 3.76. The number of carbonyl (C=O) groups is 2. The Morgan fingerprint density at radius 3 is 2.46 bits per heavy atom. The summed E-state index contributed by atoms with van der Waals surface area (Å²) in [7, 11) is 0. The number of nitrogens with zero attached hydrogens (tertiary/aromatic N) is 1. The van der Waals surface area contributed by atoms with E-state index in [0.717, 1.165) is 36.4 Å². The van der Waals surface area contributed by atoms with Crippen LogP contribution >= 0.6 is 11.3 Å². The number of thiophene rings is 1. The number of aryl methyl sites for hydroxylation is 1. The van der Waals surface area contributed by atoms with E-state index < -0.39 is 6.04 Å². The summed E-state index contributed by atoms with van der Waals surface area (Å²) in [6.07, 6.45) is 2.61. The van der Waals surface area contributed by atoms with Crippen LogP contribution in [0.25, 0.3) is 0 Å². The number of rotatable bonds is 5. The Kier molecular flexibility index (Phi) is 5.30. The van der Waals surface area contributed by atoms with Crippen molar-refractivity contribution in [2.75, 3.05) is 13.1 Å². The second-order valence-electron chi connectivity index (χ2n) is 6.16. The molecule has 1 aliphatic heterocycles. The fraction of sp³-hybridized carbons (Fsp3) is 0.368. The van der Waals surface area contributed by atoms with Gasteiger partial charge in [0, 0.05) is 24.4 Å². The maximum absolute atomic E-state index is 12.8. The van der Waals surface area contributed by atoms with Gasteiger partial charge in [-0.3, -0.25) is 9.59 Å². The zero-order chi connectivity index (χ0) is 16.9. The third-order valence-corrected chi connectivity index (χ3v) is 5.27. The molecular weight excluding hydrogens is 320 g/mol. The standard InChI is InChI=1S/C19H22N2O2S/c1-14-9-10-17(24-14)18(22)20-16(13-15-7-3-2-4-8-15)19(23)21-11-5-6-12-21/h2-4,7-10,16H,5-6,11-13H2,1H3,(H,20,22). The molecule has 0 saturated carbocycles. The molecule has 2 aromatic rings. The monoisotopic (exact) mass is 342 g/mol. The van der Waals surface area contributed by atoms with Gasteiger partial charge in [-0.25, -0.2) is 0 Å². The van der Waals surface area contributed by atoms with Crippen molar-refractivity contribution in [3.63, 3.8) is 0 Å². The van der Waals surface area contributed by atoms with Crippen molar-refractivity contribution in [1.29, 1.82) is 0 Å². The molecule has 126 valence electrons. The molecule has 1 aliphatic rings. The van der Waals surface area contributed by atoms with E-state index in [0.29, 0.717) is 11.3 Å². The lowest BCUT2D eigenvalue weighted by Crippen LogP contribution is -2.48. The number of benzene rings is 1. The Morgan fingerprint density at radius 1 is 1.12 bits per heavy atom. The van der Waals surface area contributed by atoms with Gasteiger partial charge in [0.05, 0.1) is 4.88 Å². The summed E-state index contributed by atoms with van der Waals surface area (Å²) in [5.41, 5.74) is 1.05. The number of hydrogen-bond donors (Lipinski definition) is 1. The predicted molar refractivity (Wildman–Crippen MR) is 96.3 cm³/mol. The van der Waals surface area contributed by atoms with Gasteiger partial charge in [-0.05, 0) is 37.5 Å². The Balaban J connectivity index is 1.75. The molecule has 1 aromatic heterocycles. The van der Waals surface area contributed by atoms with Crippen LogP contribution in [-0.4, -0.2) is 35.8 Å². The summed E-state index contributed by atoms with van der Waals surface area (Å²) < 4.78 is 0. The predicted octanol–water partition coefficient (Wildman–Crippen LogP) is 3.02. The van der Waals surface area contributed by atoms with Crippen LogP contribution in [0.4, 0.5) is 0 Å². The molecule has 2 heterocycles. The van der Waals surface area contributed by atoms with Crippen molar-refractivity contribution >= 4 is 23.2 Å². The van der Waals surface area contributed by atoms with Crippen LogP contribution < -0.4 is 5.32 Å². The van der Waals surface area contributed by atoms with Crippen LogP contribution in [-0.2, 0) is 11.2 Å². The lowest BCUT2D eigenvalue weighted by atomic mass is 10.0. The third kappa shape index (κ3) is 4.03.